The number of benzene rings is 1. The van der Waals surface area contributed by atoms with Crippen LogP contribution in [0.4, 0.5) is 0 Å². The average molecular weight is 270 g/mol. The number of carbonyl (C=O) groups excluding carboxylic acids is 1. The van der Waals surface area contributed by atoms with Gasteiger partial charge in [0.2, 0.25) is 0 Å². The Balaban J connectivity index is 2.09. The quantitative estimate of drug-likeness (QED) is 0.819. The lowest BCUT2D eigenvalue weighted by molar-refractivity contribution is -0.146. The van der Waals surface area contributed by atoms with Crippen LogP contribution in [-0.2, 0) is 16.1 Å². The van der Waals surface area contributed by atoms with Crippen molar-refractivity contribution in [3.8, 4) is 0 Å². The molecule has 0 bridgehead atoms. The number of hydrogen-bond acceptors (Lipinski definition) is 4. The summed E-state index contributed by atoms with van der Waals surface area (Å²) in [4.78, 5) is 16.3. The van der Waals surface area contributed by atoms with Crippen LogP contribution >= 0.6 is 0 Å². The highest BCUT2D eigenvalue weighted by Gasteiger charge is 2.22. The molecule has 0 saturated carbocycles. The fraction of sp³-hybridized carbons (Fsp3) is 0.250. The molecule has 1 unspecified atom stereocenters. The molecule has 0 saturated heterocycles. The summed E-state index contributed by atoms with van der Waals surface area (Å²) in [6.45, 7) is 2.74. The molecule has 0 aliphatic rings. The predicted molar refractivity (Wildman–Crippen MR) is 76.9 cm³/mol. The van der Waals surface area contributed by atoms with Crippen molar-refractivity contribution in [3.05, 3.63) is 66.0 Å². The van der Waals surface area contributed by atoms with Crippen molar-refractivity contribution in [2.45, 2.75) is 19.5 Å². The van der Waals surface area contributed by atoms with Gasteiger partial charge in [-0.05, 0) is 24.6 Å². The molecule has 1 aromatic heterocycles. The monoisotopic (exact) mass is 270 g/mol. The molecular weight excluding hydrogens is 252 g/mol. The topological polar surface area (TPSA) is 51.2 Å². The first-order valence-corrected chi connectivity index (χ1v) is 6.66. The number of esters is 1. The van der Waals surface area contributed by atoms with E-state index in [2.05, 4.69) is 10.3 Å². The zero-order valence-electron chi connectivity index (χ0n) is 11.5. The van der Waals surface area contributed by atoms with Crippen LogP contribution in [0.25, 0.3) is 0 Å². The molecule has 0 amide bonds. The Hall–Kier alpha value is -2.20. The Morgan fingerprint density at radius 3 is 2.60 bits per heavy atom. The predicted octanol–water partition coefficient (Wildman–Crippen LogP) is 2.48. The minimum atomic E-state index is -0.545. The minimum absolute atomic E-state index is 0.304. The second-order valence-electron chi connectivity index (χ2n) is 4.31. The number of aromatic nitrogens is 1. The Morgan fingerprint density at radius 2 is 1.95 bits per heavy atom. The summed E-state index contributed by atoms with van der Waals surface area (Å²) in [5, 5.41) is 3.20. The van der Waals surface area contributed by atoms with E-state index >= 15 is 0 Å². The SMILES string of the molecule is CCOC(=O)C(NCc1ccccc1)c1ccccn1. The summed E-state index contributed by atoms with van der Waals surface area (Å²) in [5.74, 6) is -0.304. The number of pyridine rings is 1. The van der Waals surface area contributed by atoms with Gasteiger partial charge in [-0.1, -0.05) is 36.4 Å². The molecule has 1 atom stereocenters. The van der Waals surface area contributed by atoms with Crippen molar-refractivity contribution in [1.29, 1.82) is 0 Å². The van der Waals surface area contributed by atoms with Crippen molar-refractivity contribution >= 4 is 5.97 Å². The number of rotatable bonds is 6. The molecule has 1 heterocycles. The Bertz CT molecular complexity index is 529. The maximum Gasteiger partial charge on any atom is 0.329 e. The standard InChI is InChI=1S/C16H18N2O2/c1-2-20-16(19)15(14-10-6-7-11-17-14)18-12-13-8-4-3-5-9-13/h3-11,15,18H,2,12H2,1H3. The van der Waals surface area contributed by atoms with Gasteiger partial charge in [0.15, 0.2) is 0 Å². The van der Waals surface area contributed by atoms with Crippen LogP contribution < -0.4 is 5.32 Å². The summed E-state index contributed by atoms with van der Waals surface area (Å²) in [6.07, 6.45) is 1.67. The molecule has 1 N–H and O–H groups in total. The van der Waals surface area contributed by atoms with Gasteiger partial charge in [0.05, 0.1) is 12.3 Å². The Morgan fingerprint density at radius 1 is 1.20 bits per heavy atom. The van der Waals surface area contributed by atoms with Crippen LogP contribution in [0.3, 0.4) is 0 Å². The lowest BCUT2D eigenvalue weighted by atomic mass is 10.1. The summed E-state index contributed by atoms with van der Waals surface area (Å²) in [6, 6.07) is 14.9. The number of carbonyl (C=O) groups is 1. The van der Waals surface area contributed by atoms with E-state index in [9.17, 15) is 4.79 Å². The Labute approximate surface area is 118 Å². The van der Waals surface area contributed by atoms with Gasteiger partial charge in [-0.15, -0.1) is 0 Å². The van der Waals surface area contributed by atoms with E-state index in [-0.39, 0.29) is 5.97 Å². The number of nitrogens with one attached hydrogen (secondary N) is 1. The van der Waals surface area contributed by atoms with Crippen molar-refractivity contribution in [1.82, 2.24) is 10.3 Å². The molecule has 20 heavy (non-hydrogen) atoms. The number of nitrogens with zero attached hydrogens (tertiary/aromatic N) is 1. The maximum atomic E-state index is 12.0. The van der Waals surface area contributed by atoms with Crippen molar-refractivity contribution < 1.29 is 9.53 Å². The summed E-state index contributed by atoms with van der Waals surface area (Å²) >= 11 is 0. The lowest BCUT2D eigenvalue weighted by Gasteiger charge is -2.16. The second-order valence-corrected chi connectivity index (χ2v) is 4.31. The first kappa shape index (κ1) is 14.2. The normalized spacial score (nSPS) is 11.8. The van der Waals surface area contributed by atoms with Crippen LogP contribution in [0.2, 0.25) is 0 Å². The van der Waals surface area contributed by atoms with E-state index in [0.717, 1.165) is 5.56 Å². The Kier molecular flexibility index (Phi) is 5.26. The van der Waals surface area contributed by atoms with Gasteiger partial charge in [0.25, 0.3) is 0 Å². The molecule has 1 aromatic carbocycles. The first-order valence-electron chi connectivity index (χ1n) is 6.66. The maximum absolute atomic E-state index is 12.0. The summed E-state index contributed by atoms with van der Waals surface area (Å²) in [7, 11) is 0. The second kappa shape index (κ2) is 7.40. The third-order valence-electron chi connectivity index (χ3n) is 2.86. The van der Waals surface area contributed by atoms with Gasteiger partial charge >= 0.3 is 5.97 Å². The first-order chi connectivity index (χ1) is 9.81. The highest BCUT2D eigenvalue weighted by Crippen LogP contribution is 2.13. The van der Waals surface area contributed by atoms with Gasteiger partial charge in [-0.25, -0.2) is 4.79 Å². The fourth-order valence-electron chi connectivity index (χ4n) is 1.90. The van der Waals surface area contributed by atoms with E-state index < -0.39 is 6.04 Å². The highest BCUT2D eigenvalue weighted by atomic mass is 16.5. The van der Waals surface area contributed by atoms with Gasteiger partial charge < -0.3 is 4.74 Å². The molecule has 0 aliphatic heterocycles. The van der Waals surface area contributed by atoms with E-state index in [4.69, 9.17) is 4.74 Å². The van der Waals surface area contributed by atoms with Gasteiger partial charge in [0, 0.05) is 12.7 Å². The fourth-order valence-corrected chi connectivity index (χ4v) is 1.90. The molecule has 2 aromatic rings. The number of hydrogen-bond donors (Lipinski definition) is 1. The lowest BCUT2D eigenvalue weighted by Crippen LogP contribution is -2.30. The molecule has 4 nitrogen and oxygen atoms in total. The van der Waals surface area contributed by atoms with Gasteiger partial charge in [-0.2, -0.15) is 0 Å². The van der Waals surface area contributed by atoms with E-state index in [1.807, 2.05) is 48.5 Å². The molecule has 0 radical (unpaired) electrons. The van der Waals surface area contributed by atoms with E-state index in [1.54, 1.807) is 13.1 Å². The van der Waals surface area contributed by atoms with Gasteiger partial charge in [-0.3, -0.25) is 10.3 Å². The third kappa shape index (κ3) is 3.90. The van der Waals surface area contributed by atoms with Crippen LogP contribution in [-0.4, -0.2) is 17.6 Å². The smallest absolute Gasteiger partial charge is 0.329 e. The van der Waals surface area contributed by atoms with Crippen LogP contribution in [0.15, 0.2) is 54.7 Å². The van der Waals surface area contributed by atoms with Crippen molar-refractivity contribution in [2.75, 3.05) is 6.61 Å². The molecule has 0 spiro atoms. The zero-order valence-corrected chi connectivity index (χ0v) is 11.5. The average Bonchev–Trinajstić information content (AvgIpc) is 2.50. The van der Waals surface area contributed by atoms with Gasteiger partial charge in [0.1, 0.15) is 6.04 Å². The summed E-state index contributed by atoms with van der Waals surface area (Å²) in [5.41, 5.74) is 1.78. The van der Waals surface area contributed by atoms with E-state index in [0.29, 0.717) is 18.8 Å². The third-order valence-corrected chi connectivity index (χ3v) is 2.86. The summed E-state index contributed by atoms with van der Waals surface area (Å²) < 4.78 is 5.11. The molecular formula is C16H18N2O2. The molecule has 0 fully saturated rings. The molecule has 2 rings (SSSR count). The molecule has 104 valence electrons. The van der Waals surface area contributed by atoms with Crippen LogP contribution in [0, 0.1) is 0 Å². The van der Waals surface area contributed by atoms with E-state index in [1.165, 1.54) is 0 Å². The van der Waals surface area contributed by atoms with Crippen LogP contribution in [0.1, 0.15) is 24.2 Å². The largest absolute Gasteiger partial charge is 0.465 e. The minimum Gasteiger partial charge on any atom is -0.465 e. The van der Waals surface area contributed by atoms with Crippen molar-refractivity contribution in [2.24, 2.45) is 0 Å². The molecule has 0 aliphatic carbocycles. The zero-order chi connectivity index (χ0) is 14.2. The number of ether oxygens (including phenoxy) is 1. The van der Waals surface area contributed by atoms with Crippen LogP contribution in [0.5, 0.6) is 0 Å². The highest BCUT2D eigenvalue weighted by molar-refractivity contribution is 5.77. The van der Waals surface area contributed by atoms with Crippen molar-refractivity contribution in [3.63, 3.8) is 0 Å². The molecule has 4 heteroatoms.